The first-order chi connectivity index (χ1) is 6.66. The zero-order valence-electron chi connectivity index (χ0n) is 7.83. The molecule has 1 aromatic carbocycles. The van der Waals surface area contributed by atoms with Crippen LogP contribution in [0.2, 0.25) is 5.02 Å². The van der Waals surface area contributed by atoms with Gasteiger partial charge in [-0.3, -0.25) is 0 Å². The van der Waals surface area contributed by atoms with Crippen LogP contribution in [0.5, 0.6) is 0 Å². The van der Waals surface area contributed by atoms with Gasteiger partial charge in [-0.05, 0) is 41.8 Å². The second-order valence-electron chi connectivity index (χ2n) is 3.45. The molecule has 0 aliphatic carbocycles. The van der Waals surface area contributed by atoms with E-state index >= 15 is 0 Å². The minimum atomic E-state index is -0.288. The normalized spacial score (nSPS) is 13.4. The van der Waals surface area contributed by atoms with E-state index < -0.39 is 0 Å². The van der Waals surface area contributed by atoms with Crippen LogP contribution in [0.25, 0.3) is 10.1 Å². The second-order valence-corrected chi connectivity index (χ2v) is 4.80. The molecule has 0 saturated carbocycles. The predicted molar refractivity (Wildman–Crippen MR) is 62.2 cm³/mol. The molecule has 1 unspecified atom stereocenters. The smallest absolute Gasteiger partial charge is 0.0552 e. The van der Waals surface area contributed by atoms with Crippen LogP contribution in [0.1, 0.15) is 12.5 Å². The van der Waals surface area contributed by atoms with E-state index in [1.54, 1.807) is 18.3 Å². The molecule has 74 valence electrons. The number of benzene rings is 1. The summed E-state index contributed by atoms with van der Waals surface area (Å²) in [5.74, 6) is 0. The van der Waals surface area contributed by atoms with Crippen molar-refractivity contribution in [2.45, 2.75) is 19.4 Å². The Kier molecular flexibility index (Phi) is 2.77. The van der Waals surface area contributed by atoms with Crippen LogP contribution in [-0.2, 0) is 6.42 Å². The summed E-state index contributed by atoms with van der Waals surface area (Å²) in [5.41, 5.74) is 1.21. The summed E-state index contributed by atoms with van der Waals surface area (Å²) in [6.07, 6.45) is 0.422. The van der Waals surface area contributed by atoms with E-state index in [-0.39, 0.29) is 6.10 Å². The molecular formula is C11H11ClOS. The summed E-state index contributed by atoms with van der Waals surface area (Å²) in [5, 5.41) is 13.4. The van der Waals surface area contributed by atoms with E-state index in [4.69, 9.17) is 11.6 Å². The van der Waals surface area contributed by atoms with Crippen molar-refractivity contribution in [2.24, 2.45) is 0 Å². The largest absolute Gasteiger partial charge is 0.393 e. The Labute approximate surface area is 91.9 Å². The Balaban J connectivity index is 2.47. The van der Waals surface area contributed by atoms with Gasteiger partial charge in [0.05, 0.1) is 6.10 Å². The van der Waals surface area contributed by atoms with Crippen LogP contribution >= 0.6 is 22.9 Å². The molecular weight excluding hydrogens is 216 g/mol. The van der Waals surface area contributed by atoms with Gasteiger partial charge in [0.15, 0.2) is 0 Å². The van der Waals surface area contributed by atoms with Crippen molar-refractivity contribution < 1.29 is 5.11 Å². The number of fused-ring (bicyclic) bond motifs is 1. The van der Waals surface area contributed by atoms with Crippen LogP contribution in [0.15, 0.2) is 23.6 Å². The maximum atomic E-state index is 9.32. The molecule has 1 aromatic heterocycles. The fourth-order valence-electron chi connectivity index (χ4n) is 1.53. The molecule has 0 radical (unpaired) electrons. The molecule has 0 fully saturated rings. The van der Waals surface area contributed by atoms with Gasteiger partial charge in [-0.15, -0.1) is 11.3 Å². The molecule has 0 aliphatic heterocycles. The molecule has 1 N–H and O–H groups in total. The third kappa shape index (κ3) is 1.92. The summed E-state index contributed by atoms with van der Waals surface area (Å²) in [6.45, 7) is 1.80. The highest BCUT2D eigenvalue weighted by Crippen LogP contribution is 2.29. The van der Waals surface area contributed by atoms with Crippen molar-refractivity contribution >= 4 is 33.0 Å². The van der Waals surface area contributed by atoms with Gasteiger partial charge in [0.25, 0.3) is 0 Å². The highest BCUT2D eigenvalue weighted by atomic mass is 35.5. The Hall–Kier alpha value is -0.570. The zero-order chi connectivity index (χ0) is 10.1. The maximum absolute atomic E-state index is 9.32. The lowest BCUT2D eigenvalue weighted by Crippen LogP contribution is -2.03. The van der Waals surface area contributed by atoms with E-state index in [9.17, 15) is 5.11 Å². The van der Waals surface area contributed by atoms with E-state index in [1.807, 2.05) is 18.2 Å². The molecule has 1 heterocycles. The molecule has 0 aliphatic rings. The molecule has 2 aromatic rings. The van der Waals surface area contributed by atoms with Gasteiger partial charge in [0.1, 0.15) is 0 Å². The number of aliphatic hydroxyl groups excluding tert-OH is 1. The quantitative estimate of drug-likeness (QED) is 0.832. The second kappa shape index (κ2) is 3.89. The van der Waals surface area contributed by atoms with Crippen LogP contribution in [-0.4, -0.2) is 11.2 Å². The Bertz CT molecular complexity index is 447. The summed E-state index contributed by atoms with van der Waals surface area (Å²) in [4.78, 5) is 0. The number of aliphatic hydroxyl groups is 1. The average molecular weight is 227 g/mol. The molecule has 14 heavy (non-hydrogen) atoms. The van der Waals surface area contributed by atoms with Crippen LogP contribution in [0.4, 0.5) is 0 Å². The van der Waals surface area contributed by atoms with Gasteiger partial charge in [0, 0.05) is 9.72 Å². The molecule has 1 nitrogen and oxygen atoms in total. The van der Waals surface area contributed by atoms with Crippen molar-refractivity contribution in [3.63, 3.8) is 0 Å². The van der Waals surface area contributed by atoms with Crippen molar-refractivity contribution in [2.75, 3.05) is 0 Å². The third-order valence-electron chi connectivity index (χ3n) is 2.13. The van der Waals surface area contributed by atoms with Crippen LogP contribution in [0, 0.1) is 0 Å². The average Bonchev–Trinajstić information content (AvgIpc) is 2.47. The molecule has 0 bridgehead atoms. The molecule has 0 spiro atoms. The zero-order valence-corrected chi connectivity index (χ0v) is 9.40. The summed E-state index contributed by atoms with van der Waals surface area (Å²) in [6, 6.07) is 5.88. The minimum absolute atomic E-state index is 0.288. The van der Waals surface area contributed by atoms with Gasteiger partial charge < -0.3 is 5.11 Å². The maximum Gasteiger partial charge on any atom is 0.0552 e. The monoisotopic (exact) mass is 226 g/mol. The third-order valence-corrected chi connectivity index (χ3v) is 3.36. The number of hydrogen-bond donors (Lipinski definition) is 1. The van der Waals surface area contributed by atoms with Gasteiger partial charge in [-0.2, -0.15) is 0 Å². The van der Waals surface area contributed by atoms with Crippen molar-refractivity contribution in [3.05, 3.63) is 34.2 Å². The summed E-state index contributed by atoms with van der Waals surface area (Å²) >= 11 is 7.57. The first-order valence-electron chi connectivity index (χ1n) is 4.50. The molecule has 0 saturated heterocycles. The van der Waals surface area contributed by atoms with E-state index in [2.05, 4.69) is 5.38 Å². The Morgan fingerprint density at radius 2 is 2.29 bits per heavy atom. The van der Waals surface area contributed by atoms with E-state index in [0.717, 1.165) is 5.02 Å². The Morgan fingerprint density at radius 3 is 3.00 bits per heavy atom. The topological polar surface area (TPSA) is 20.2 Å². The predicted octanol–water partition coefficient (Wildman–Crippen LogP) is 3.48. The molecule has 1 atom stereocenters. The highest BCUT2D eigenvalue weighted by Gasteiger charge is 2.06. The fraction of sp³-hybridized carbons (Fsp3) is 0.273. The Morgan fingerprint density at radius 1 is 1.50 bits per heavy atom. The van der Waals surface area contributed by atoms with Crippen molar-refractivity contribution in [1.29, 1.82) is 0 Å². The van der Waals surface area contributed by atoms with Crippen LogP contribution in [0.3, 0.4) is 0 Å². The number of rotatable bonds is 2. The van der Waals surface area contributed by atoms with Gasteiger partial charge in [0.2, 0.25) is 0 Å². The number of halogens is 1. The van der Waals surface area contributed by atoms with E-state index in [1.165, 1.54) is 15.6 Å². The van der Waals surface area contributed by atoms with Gasteiger partial charge >= 0.3 is 0 Å². The van der Waals surface area contributed by atoms with Crippen molar-refractivity contribution in [3.8, 4) is 0 Å². The van der Waals surface area contributed by atoms with Crippen LogP contribution < -0.4 is 0 Å². The first-order valence-corrected chi connectivity index (χ1v) is 5.76. The van der Waals surface area contributed by atoms with Gasteiger partial charge in [-0.25, -0.2) is 0 Å². The first kappa shape index (κ1) is 9.97. The SMILES string of the molecule is CC(O)Cc1csc2cc(Cl)ccc12. The molecule has 0 amide bonds. The molecule has 2 rings (SSSR count). The lowest BCUT2D eigenvalue weighted by molar-refractivity contribution is 0.196. The van der Waals surface area contributed by atoms with Gasteiger partial charge in [-0.1, -0.05) is 17.7 Å². The van der Waals surface area contributed by atoms with E-state index in [0.29, 0.717) is 6.42 Å². The number of thiophene rings is 1. The minimum Gasteiger partial charge on any atom is -0.393 e. The fourth-order valence-corrected chi connectivity index (χ4v) is 2.78. The lowest BCUT2D eigenvalue weighted by Gasteiger charge is -2.02. The molecule has 3 heteroatoms. The standard InChI is InChI=1S/C11H11ClOS/c1-7(13)4-8-6-14-11-5-9(12)2-3-10(8)11/h2-3,5-7,13H,4H2,1H3. The lowest BCUT2D eigenvalue weighted by atomic mass is 10.1. The summed E-state index contributed by atoms with van der Waals surface area (Å²) < 4.78 is 1.19. The number of hydrogen-bond acceptors (Lipinski definition) is 2. The summed E-state index contributed by atoms with van der Waals surface area (Å²) in [7, 11) is 0. The van der Waals surface area contributed by atoms with Crippen molar-refractivity contribution in [1.82, 2.24) is 0 Å². The highest BCUT2D eigenvalue weighted by molar-refractivity contribution is 7.17.